The molecule has 0 saturated heterocycles. The molecule has 2 heterocycles. The highest BCUT2D eigenvalue weighted by Gasteiger charge is 2.30. The van der Waals surface area contributed by atoms with Crippen molar-refractivity contribution in [1.29, 1.82) is 0 Å². The Labute approximate surface area is 143 Å². The van der Waals surface area contributed by atoms with Crippen LogP contribution in [-0.2, 0) is 0 Å². The van der Waals surface area contributed by atoms with Crippen molar-refractivity contribution in [2.45, 2.75) is 13.1 Å². The van der Waals surface area contributed by atoms with E-state index in [0.29, 0.717) is 11.1 Å². The molecule has 3 aromatic rings. The zero-order valence-electron chi connectivity index (χ0n) is 13.0. The van der Waals surface area contributed by atoms with Crippen LogP contribution in [0.4, 0.5) is 5.00 Å². The molecule has 0 spiro atoms. The number of thiophene rings is 1. The van der Waals surface area contributed by atoms with E-state index in [9.17, 15) is 9.90 Å². The fraction of sp³-hybridized carbons (Fsp3) is 0.105. The minimum atomic E-state index is -0.438. The third-order valence-corrected chi connectivity index (χ3v) is 5.14. The molecule has 1 unspecified atom stereocenters. The van der Waals surface area contributed by atoms with Crippen molar-refractivity contribution in [3.63, 3.8) is 0 Å². The van der Waals surface area contributed by atoms with Crippen molar-refractivity contribution in [3.8, 4) is 16.9 Å². The largest absolute Gasteiger partial charge is 0.507 e. The number of aryl methyl sites for hydroxylation is 1. The number of rotatable bonds is 2. The molecule has 0 bridgehead atoms. The fourth-order valence-corrected chi connectivity index (χ4v) is 3.96. The zero-order chi connectivity index (χ0) is 16.7. The van der Waals surface area contributed by atoms with Gasteiger partial charge in [-0.15, -0.1) is 11.3 Å². The van der Waals surface area contributed by atoms with Crippen molar-refractivity contribution in [3.05, 3.63) is 70.6 Å². The molecular formula is C19H16N2O2S. The number of hydrogen-bond donors (Lipinski definition) is 3. The number of nitrogens with one attached hydrogen (secondary N) is 2. The van der Waals surface area contributed by atoms with Gasteiger partial charge < -0.3 is 15.7 Å². The van der Waals surface area contributed by atoms with Crippen LogP contribution >= 0.6 is 11.3 Å². The number of carbonyl (C=O) groups is 1. The van der Waals surface area contributed by atoms with Crippen LogP contribution in [0.2, 0.25) is 0 Å². The molecule has 0 fully saturated rings. The predicted molar refractivity (Wildman–Crippen MR) is 96.4 cm³/mol. The number of phenols is 1. The summed E-state index contributed by atoms with van der Waals surface area (Å²) in [6.45, 7) is 1.84. The monoisotopic (exact) mass is 336 g/mol. The number of hydrogen-bond acceptors (Lipinski definition) is 4. The standard InChI is InChI=1S/C19H16N2O2S/c1-11-6-5-9-13(16(11)22)17-20-18(23)15-14(10-24-19(15)21-17)12-7-3-2-4-8-12/h2-10,17,21-22H,1H3,(H,20,23). The van der Waals surface area contributed by atoms with E-state index >= 15 is 0 Å². The molecule has 0 radical (unpaired) electrons. The van der Waals surface area contributed by atoms with Crippen molar-refractivity contribution in [1.82, 2.24) is 5.32 Å². The summed E-state index contributed by atoms with van der Waals surface area (Å²) in [4.78, 5) is 12.7. The van der Waals surface area contributed by atoms with Crippen LogP contribution in [0, 0.1) is 6.92 Å². The lowest BCUT2D eigenvalue weighted by Crippen LogP contribution is -2.38. The number of para-hydroxylation sites is 1. The number of fused-ring (bicyclic) bond motifs is 1. The first kappa shape index (κ1) is 14.8. The van der Waals surface area contributed by atoms with Crippen molar-refractivity contribution >= 4 is 22.2 Å². The first-order chi connectivity index (χ1) is 11.6. The molecule has 1 atom stereocenters. The number of carbonyl (C=O) groups excluding carboxylic acids is 1. The number of amides is 1. The zero-order valence-corrected chi connectivity index (χ0v) is 13.9. The second kappa shape index (κ2) is 5.69. The fourth-order valence-electron chi connectivity index (χ4n) is 2.96. The molecule has 1 amide bonds. The summed E-state index contributed by atoms with van der Waals surface area (Å²) in [5.41, 5.74) is 4.06. The van der Waals surface area contributed by atoms with Gasteiger partial charge in [-0.25, -0.2) is 0 Å². The molecule has 2 aromatic carbocycles. The Morgan fingerprint density at radius 1 is 1.04 bits per heavy atom. The maximum Gasteiger partial charge on any atom is 0.256 e. The molecule has 0 saturated carbocycles. The average Bonchev–Trinajstić information content (AvgIpc) is 3.03. The highest BCUT2D eigenvalue weighted by molar-refractivity contribution is 7.15. The Kier molecular flexibility index (Phi) is 3.50. The lowest BCUT2D eigenvalue weighted by Gasteiger charge is -2.27. The van der Waals surface area contributed by atoms with Gasteiger partial charge in [0, 0.05) is 16.5 Å². The second-order valence-corrected chi connectivity index (χ2v) is 6.66. The lowest BCUT2D eigenvalue weighted by molar-refractivity contribution is 0.0937. The number of phenolic OH excluding ortho intramolecular Hbond substituents is 1. The molecule has 5 heteroatoms. The van der Waals surface area contributed by atoms with Crippen LogP contribution in [0.3, 0.4) is 0 Å². The van der Waals surface area contributed by atoms with Gasteiger partial charge in [-0.2, -0.15) is 0 Å². The van der Waals surface area contributed by atoms with Gasteiger partial charge in [0.15, 0.2) is 0 Å². The van der Waals surface area contributed by atoms with Gasteiger partial charge in [-0.1, -0.05) is 48.5 Å². The van der Waals surface area contributed by atoms with Crippen LogP contribution in [-0.4, -0.2) is 11.0 Å². The summed E-state index contributed by atoms with van der Waals surface area (Å²) >= 11 is 1.51. The average molecular weight is 336 g/mol. The van der Waals surface area contributed by atoms with Gasteiger partial charge in [0.2, 0.25) is 0 Å². The van der Waals surface area contributed by atoms with Crippen LogP contribution < -0.4 is 10.6 Å². The number of anilines is 1. The van der Waals surface area contributed by atoms with E-state index in [1.54, 1.807) is 0 Å². The van der Waals surface area contributed by atoms with Crippen LogP contribution in [0.5, 0.6) is 5.75 Å². The van der Waals surface area contributed by atoms with Crippen LogP contribution in [0.1, 0.15) is 27.7 Å². The quantitative estimate of drug-likeness (QED) is 0.654. The van der Waals surface area contributed by atoms with E-state index in [2.05, 4.69) is 10.6 Å². The molecule has 1 aromatic heterocycles. The van der Waals surface area contributed by atoms with Gasteiger partial charge in [-0.3, -0.25) is 4.79 Å². The molecule has 0 aliphatic carbocycles. The second-order valence-electron chi connectivity index (χ2n) is 5.78. The van der Waals surface area contributed by atoms with Gasteiger partial charge in [0.25, 0.3) is 5.91 Å². The molecule has 4 rings (SSSR count). The topological polar surface area (TPSA) is 61.4 Å². The molecule has 1 aliphatic rings. The smallest absolute Gasteiger partial charge is 0.256 e. The maximum absolute atomic E-state index is 12.7. The number of benzene rings is 2. The van der Waals surface area contributed by atoms with E-state index in [1.165, 1.54) is 11.3 Å². The third kappa shape index (κ3) is 2.34. The summed E-state index contributed by atoms with van der Waals surface area (Å²) in [6.07, 6.45) is -0.438. The van der Waals surface area contributed by atoms with E-state index < -0.39 is 6.17 Å². The Balaban J connectivity index is 1.74. The molecular weight excluding hydrogens is 320 g/mol. The third-order valence-electron chi connectivity index (χ3n) is 4.23. The molecule has 3 N–H and O–H groups in total. The van der Waals surface area contributed by atoms with Crippen LogP contribution in [0.15, 0.2) is 53.9 Å². The SMILES string of the molecule is Cc1cccc(C2NC(=O)c3c(-c4ccccc4)csc3N2)c1O. The maximum atomic E-state index is 12.7. The lowest BCUT2D eigenvalue weighted by atomic mass is 10.0. The summed E-state index contributed by atoms with van der Waals surface area (Å²) in [6, 6.07) is 15.4. The summed E-state index contributed by atoms with van der Waals surface area (Å²) in [7, 11) is 0. The van der Waals surface area contributed by atoms with Crippen molar-refractivity contribution < 1.29 is 9.90 Å². The predicted octanol–water partition coefficient (Wildman–Crippen LogP) is 4.28. The van der Waals surface area contributed by atoms with Crippen molar-refractivity contribution in [2.24, 2.45) is 0 Å². The van der Waals surface area contributed by atoms with E-state index in [4.69, 9.17) is 0 Å². The minimum Gasteiger partial charge on any atom is -0.507 e. The van der Waals surface area contributed by atoms with Crippen LogP contribution in [0.25, 0.3) is 11.1 Å². The van der Waals surface area contributed by atoms with Gasteiger partial charge in [0.1, 0.15) is 16.9 Å². The normalized spacial score (nSPS) is 16.2. The molecule has 1 aliphatic heterocycles. The van der Waals surface area contributed by atoms with E-state index in [0.717, 1.165) is 21.7 Å². The summed E-state index contributed by atoms with van der Waals surface area (Å²) < 4.78 is 0. The highest BCUT2D eigenvalue weighted by Crippen LogP contribution is 2.40. The van der Waals surface area contributed by atoms with E-state index in [-0.39, 0.29) is 11.7 Å². The molecule has 4 nitrogen and oxygen atoms in total. The van der Waals surface area contributed by atoms with Gasteiger partial charge >= 0.3 is 0 Å². The van der Waals surface area contributed by atoms with E-state index in [1.807, 2.05) is 60.8 Å². The Bertz CT molecular complexity index is 918. The van der Waals surface area contributed by atoms with Gasteiger partial charge in [-0.05, 0) is 18.1 Å². The summed E-state index contributed by atoms with van der Waals surface area (Å²) in [5.74, 6) is 0.0772. The van der Waals surface area contributed by atoms with Crippen molar-refractivity contribution in [2.75, 3.05) is 5.32 Å². The molecule has 24 heavy (non-hydrogen) atoms. The Morgan fingerprint density at radius 2 is 1.83 bits per heavy atom. The Morgan fingerprint density at radius 3 is 2.62 bits per heavy atom. The van der Waals surface area contributed by atoms with Gasteiger partial charge in [0.05, 0.1) is 5.56 Å². The number of aromatic hydroxyl groups is 1. The minimum absolute atomic E-state index is 0.130. The first-order valence-electron chi connectivity index (χ1n) is 7.68. The highest BCUT2D eigenvalue weighted by atomic mass is 32.1. The Hall–Kier alpha value is -2.79. The molecule has 120 valence electrons. The summed E-state index contributed by atoms with van der Waals surface area (Å²) in [5, 5.41) is 19.4. The first-order valence-corrected chi connectivity index (χ1v) is 8.56.